The molecule has 7 rings (SSSR count). The molecule has 6 nitrogen and oxygen atoms in total. The second-order valence-electron chi connectivity index (χ2n) is 9.90. The summed E-state index contributed by atoms with van der Waals surface area (Å²) in [4.78, 5) is 20.7. The molecule has 2 aliphatic heterocycles. The quantitative estimate of drug-likeness (QED) is 0.360. The molecule has 1 N–H and O–H groups in total. The van der Waals surface area contributed by atoms with Crippen LogP contribution in [0.5, 0.6) is 0 Å². The number of hydrogen-bond acceptors (Lipinski definition) is 4. The fourth-order valence-electron chi connectivity index (χ4n) is 5.85. The fraction of sp³-hybridized carbons (Fsp3) is 0.226. The first kappa shape index (κ1) is 22.1. The summed E-state index contributed by atoms with van der Waals surface area (Å²) in [5.41, 5.74) is 6.50. The van der Waals surface area contributed by atoms with Gasteiger partial charge in [0.05, 0.1) is 29.9 Å². The Morgan fingerprint density at radius 3 is 2.59 bits per heavy atom. The minimum Gasteiger partial charge on any atom is -0.378 e. The standard InChI is InChI=1S/C31H28N4O2/c36-29-18-23(24-17-22-9-4-5-10-26(22)33-31(24)34-13-15-37-16-14-34)25-20-35(19-21-7-2-1-3-8-21)28-12-6-11-27(32-29)30(25)28/h1-12,17,20,23H,13-16,18-19H2,(H,32,36). The van der Waals surface area contributed by atoms with Crippen molar-refractivity contribution < 1.29 is 9.53 Å². The van der Waals surface area contributed by atoms with Gasteiger partial charge in [-0.3, -0.25) is 4.79 Å². The van der Waals surface area contributed by atoms with Crippen LogP contribution in [0.3, 0.4) is 0 Å². The fourth-order valence-corrected chi connectivity index (χ4v) is 5.85. The van der Waals surface area contributed by atoms with E-state index in [9.17, 15) is 4.79 Å². The lowest BCUT2D eigenvalue weighted by Crippen LogP contribution is -2.37. The molecule has 5 aromatic rings. The predicted molar refractivity (Wildman–Crippen MR) is 147 cm³/mol. The molecule has 0 spiro atoms. The van der Waals surface area contributed by atoms with E-state index in [1.54, 1.807) is 0 Å². The third-order valence-electron chi connectivity index (χ3n) is 7.59. The number of fused-ring (bicyclic) bond motifs is 1. The minimum absolute atomic E-state index is 0.0318. The maximum atomic E-state index is 13.2. The number of carbonyl (C=O) groups is 1. The predicted octanol–water partition coefficient (Wildman–Crippen LogP) is 5.55. The van der Waals surface area contributed by atoms with E-state index in [1.165, 1.54) is 11.1 Å². The Bertz CT molecular complexity index is 1620. The molecule has 1 atom stereocenters. The van der Waals surface area contributed by atoms with Crippen molar-refractivity contribution in [2.24, 2.45) is 0 Å². The largest absolute Gasteiger partial charge is 0.378 e. The number of hydrogen-bond donors (Lipinski definition) is 1. The third kappa shape index (κ3) is 3.94. The van der Waals surface area contributed by atoms with Crippen LogP contribution in [0.2, 0.25) is 0 Å². The zero-order chi connectivity index (χ0) is 24.8. The monoisotopic (exact) mass is 488 g/mol. The first-order valence-corrected chi connectivity index (χ1v) is 12.9. The van der Waals surface area contributed by atoms with Gasteiger partial charge in [-0.2, -0.15) is 0 Å². The van der Waals surface area contributed by atoms with Crippen LogP contribution in [-0.2, 0) is 16.1 Å². The number of amides is 1. The number of para-hydroxylation sites is 1. The van der Waals surface area contributed by atoms with Gasteiger partial charge in [-0.1, -0.05) is 54.6 Å². The molecule has 1 amide bonds. The average Bonchev–Trinajstić information content (AvgIpc) is 3.23. The van der Waals surface area contributed by atoms with Crippen molar-refractivity contribution in [2.45, 2.75) is 18.9 Å². The molecule has 4 heterocycles. The minimum atomic E-state index is -0.113. The van der Waals surface area contributed by atoms with E-state index in [1.807, 2.05) is 30.3 Å². The molecular formula is C31H28N4O2. The Labute approximate surface area is 215 Å². The van der Waals surface area contributed by atoms with Gasteiger partial charge in [-0.15, -0.1) is 0 Å². The normalized spacial score (nSPS) is 17.7. The summed E-state index contributed by atoms with van der Waals surface area (Å²) in [5.74, 6) is 0.880. The summed E-state index contributed by atoms with van der Waals surface area (Å²) in [6.45, 7) is 3.71. The van der Waals surface area contributed by atoms with E-state index >= 15 is 0 Å². The van der Waals surface area contributed by atoms with Crippen molar-refractivity contribution in [3.63, 3.8) is 0 Å². The lowest BCUT2D eigenvalue weighted by atomic mass is 9.87. The first-order chi connectivity index (χ1) is 18.2. The topological polar surface area (TPSA) is 59.4 Å². The highest BCUT2D eigenvalue weighted by atomic mass is 16.5. The molecule has 2 aliphatic rings. The van der Waals surface area contributed by atoms with Crippen LogP contribution in [0.15, 0.2) is 85.1 Å². The average molecular weight is 489 g/mol. The van der Waals surface area contributed by atoms with Crippen molar-refractivity contribution in [2.75, 3.05) is 36.5 Å². The number of morpholine rings is 1. The van der Waals surface area contributed by atoms with E-state index in [0.29, 0.717) is 19.6 Å². The lowest BCUT2D eigenvalue weighted by molar-refractivity contribution is -0.116. The Morgan fingerprint density at radius 1 is 0.919 bits per heavy atom. The SMILES string of the molecule is O=C1CC(c2cc3ccccc3nc2N2CCOCC2)c2cn(Cc3ccccc3)c3cccc(c23)N1. The second kappa shape index (κ2) is 9.05. The van der Waals surface area contributed by atoms with Gasteiger partial charge in [0.1, 0.15) is 5.82 Å². The first-order valence-electron chi connectivity index (χ1n) is 12.9. The molecular weight excluding hydrogens is 460 g/mol. The Hall–Kier alpha value is -4.16. The number of aromatic nitrogens is 2. The molecule has 0 radical (unpaired) electrons. The molecule has 1 unspecified atom stereocenters. The van der Waals surface area contributed by atoms with Crippen molar-refractivity contribution in [3.8, 4) is 0 Å². The van der Waals surface area contributed by atoms with Gasteiger partial charge in [0.15, 0.2) is 0 Å². The van der Waals surface area contributed by atoms with E-state index in [-0.39, 0.29) is 11.8 Å². The van der Waals surface area contributed by atoms with Gasteiger partial charge in [-0.25, -0.2) is 4.98 Å². The number of ether oxygens (including phenoxy) is 1. The molecule has 1 fully saturated rings. The number of anilines is 2. The summed E-state index contributed by atoms with van der Waals surface area (Å²) in [7, 11) is 0. The maximum Gasteiger partial charge on any atom is 0.225 e. The molecule has 3 aromatic carbocycles. The summed E-state index contributed by atoms with van der Waals surface area (Å²) in [5, 5.41) is 5.40. The van der Waals surface area contributed by atoms with Gasteiger partial charge in [0, 0.05) is 54.5 Å². The van der Waals surface area contributed by atoms with Crippen LogP contribution in [0.1, 0.15) is 29.0 Å². The number of pyridine rings is 1. The number of nitrogens with one attached hydrogen (secondary N) is 1. The highest BCUT2D eigenvalue weighted by molar-refractivity contribution is 6.06. The third-order valence-corrected chi connectivity index (χ3v) is 7.59. The number of benzene rings is 3. The highest BCUT2D eigenvalue weighted by Gasteiger charge is 2.31. The summed E-state index contributed by atoms with van der Waals surface area (Å²) < 4.78 is 7.96. The lowest BCUT2D eigenvalue weighted by Gasteiger charge is -2.31. The molecule has 0 bridgehead atoms. The maximum absolute atomic E-state index is 13.2. The van der Waals surface area contributed by atoms with Crippen molar-refractivity contribution in [3.05, 3.63) is 102 Å². The van der Waals surface area contributed by atoms with Crippen molar-refractivity contribution in [1.82, 2.24) is 9.55 Å². The molecule has 37 heavy (non-hydrogen) atoms. The van der Waals surface area contributed by atoms with Crippen LogP contribution in [-0.4, -0.2) is 41.8 Å². The van der Waals surface area contributed by atoms with Crippen LogP contribution in [0.4, 0.5) is 11.5 Å². The van der Waals surface area contributed by atoms with Crippen molar-refractivity contribution >= 4 is 39.2 Å². The van der Waals surface area contributed by atoms with Gasteiger partial charge in [-0.05, 0) is 35.4 Å². The van der Waals surface area contributed by atoms with Crippen LogP contribution in [0, 0.1) is 0 Å². The Balaban J connectivity index is 1.44. The van der Waals surface area contributed by atoms with Crippen LogP contribution >= 0.6 is 0 Å². The smallest absolute Gasteiger partial charge is 0.225 e. The molecule has 0 saturated carbocycles. The van der Waals surface area contributed by atoms with Crippen molar-refractivity contribution in [1.29, 1.82) is 0 Å². The van der Waals surface area contributed by atoms with Gasteiger partial charge >= 0.3 is 0 Å². The van der Waals surface area contributed by atoms with E-state index in [4.69, 9.17) is 9.72 Å². The number of carbonyl (C=O) groups excluding carboxylic acids is 1. The van der Waals surface area contributed by atoms with Gasteiger partial charge in [0.2, 0.25) is 5.91 Å². The van der Waals surface area contributed by atoms with Gasteiger partial charge in [0.25, 0.3) is 0 Å². The molecule has 6 heteroatoms. The summed E-state index contributed by atoms with van der Waals surface area (Å²) >= 11 is 0. The summed E-state index contributed by atoms with van der Waals surface area (Å²) in [6, 6.07) is 27.2. The molecule has 2 aromatic heterocycles. The number of nitrogens with zero attached hydrogens (tertiary/aromatic N) is 3. The van der Waals surface area contributed by atoms with Crippen LogP contribution in [0.25, 0.3) is 21.8 Å². The Morgan fingerprint density at radius 2 is 1.73 bits per heavy atom. The molecule has 0 aliphatic carbocycles. The molecule has 184 valence electrons. The van der Waals surface area contributed by atoms with Crippen LogP contribution < -0.4 is 10.2 Å². The zero-order valence-corrected chi connectivity index (χ0v) is 20.6. The Kier molecular flexibility index (Phi) is 5.40. The van der Waals surface area contributed by atoms with E-state index < -0.39 is 0 Å². The van der Waals surface area contributed by atoms with Gasteiger partial charge < -0.3 is 19.5 Å². The highest BCUT2D eigenvalue weighted by Crippen LogP contribution is 2.44. The molecule has 1 saturated heterocycles. The second-order valence-corrected chi connectivity index (χ2v) is 9.90. The zero-order valence-electron chi connectivity index (χ0n) is 20.6. The van der Waals surface area contributed by atoms with E-state index in [2.05, 4.69) is 69.5 Å². The number of rotatable bonds is 4. The van der Waals surface area contributed by atoms with E-state index in [0.717, 1.165) is 58.5 Å². The summed E-state index contributed by atoms with van der Waals surface area (Å²) in [6.07, 6.45) is 2.63.